The van der Waals surface area contributed by atoms with E-state index in [1.54, 1.807) is 0 Å². The maximum atomic E-state index is 5.88. The van der Waals surface area contributed by atoms with Crippen molar-refractivity contribution in [3.8, 4) is 0 Å². The molecule has 1 heterocycles. The lowest BCUT2D eigenvalue weighted by atomic mass is 10.1. The van der Waals surface area contributed by atoms with Gasteiger partial charge in [0.1, 0.15) is 11.3 Å². The zero-order valence-corrected chi connectivity index (χ0v) is 13.0. The molecule has 0 spiro atoms. The van der Waals surface area contributed by atoms with Crippen LogP contribution >= 0.6 is 0 Å². The minimum Gasteiger partial charge on any atom is -0.459 e. The van der Waals surface area contributed by atoms with Crippen LogP contribution in [0.2, 0.25) is 0 Å². The summed E-state index contributed by atoms with van der Waals surface area (Å²) in [6, 6.07) is 8.71. The lowest BCUT2D eigenvalue weighted by Gasteiger charge is -2.28. The van der Waals surface area contributed by atoms with Crippen LogP contribution in [0.15, 0.2) is 28.7 Å². The predicted octanol–water partition coefficient (Wildman–Crippen LogP) is 3.76. The molecule has 0 aliphatic rings. The normalized spacial score (nSPS) is 12.2. The van der Waals surface area contributed by atoms with E-state index in [1.807, 2.05) is 12.1 Å². The van der Waals surface area contributed by atoms with Gasteiger partial charge in [0, 0.05) is 30.1 Å². The fourth-order valence-electron chi connectivity index (χ4n) is 2.62. The Labute approximate surface area is 121 Å². The highest BCUT2D eigenvalue weighted by atomic mass is 16.3. The molecule has 0 saturated carbocycles. The number of rotatable bonds is 6. The van der Waals surface area contributed by atoms with Gasteiger partial charge < -0.3 is 10.2 Å². The minimum atomic E-state index is 0.456. The molecule has 2 aromatic rings. The molecular formula is C17H26N2O. The maximum absolute atomic E-state index is 5.88. The Hall–Kier alpha value is -1.32. The van der Waals surface area contributed by atoms with Crippen molar-refractivity contribution < 1.29 is 4.42 Å². The Morgan fingerprint density at radius 1 is 1.15 bits per heavy atom. The molecule has 0 atom stereocenters. The van der Waals surface area contributed by atoms with E-state index in [0.29, 0.717) is 18.5 Å². The number of hydrogen-bond acceptors (Lipinski definition) is 3. The molecule has 0 bridgehead atoms. The molecule has 0 saturated heterocycles. The number of nitrogens with zero attached hydrogens (tertiary/aromatic N) is 1. The monoisotopic (exact) mass is 274 g/mol. The first-order valence-corrected chi connectivity index (χ1v) is 7.46. The van der Waals surface area contributed by atoms with Gasteiger partial charge in [-0.25, -0.2) is 0 Å². The second-order valence-electron chi connectivity index (χ2n) is 6.12. The summed E-state index contributed by atoms with van der Waals surface area (Å²) in [4.78, 5) is 2.49. The van der Waals surface area contributed by atoms with Crippen molar-refractivity contribution in [2.75, 3.05) is 6.54 Å². The Kier molecular flexibility index (Phi) is 4.84. The van der Waals surface area contributed by atoms with Crippen molar-refractivity contribution in [3.05, 3.63) is 35.6 Å². The highest BCUT2D eigenvalue weighted by Crippen LogP contribution is 2.27. The number of benzene rings is 1. The van der Waals surface area contributed by atoms with Crippen LogP contribution in [0.4, 0.5) is 0 Å². The van der Waals surface area contributed by atoms with Crippen LogP contribution < -0.4 is 5.73 Å². The van der Waals surface area contributed by atoms with Crippen LogP contribution in [0.25, 0.3) is 11.0 Å². The van der Waals surface area contributed by atoms with E-state index in [4.69, 9.17) is 10.2 Å². The molecule has 20 heavy (non-hydrogen) atoms. The predicted molar refractivity (Wildman–Crippen MR) is 84.5 cm³/mol. The van der Waals surface area contributed by atoms with E-state index in [2.05, 4.69) is 44.7 Å². The molecule has 0 unspecified atom stereocenters. The van der Waals surface area contributed by atoms with Gasteiger partial charge in [0.2, 0.25) is 0 Å². The first-order valence-electron chi connectivity index (χ1n) is 7.46. The fraction of sp³-hybridized carbons (Fsp3) is 0.529. The Morgan fingerprint density at radius 2 is 1.85 bits per heavy atom. The summed E-state index contributed by atoms with van der Waals surface area (Å²) in [6.07, 6.45) is 0. The van der Waals surface area contributed by atoms with Crippen LogP contribution in [-0.4, -0.2) is 17.5 Å². The van der Waals surface area contributed by atoms with Crippen LogP contribution in [0, 0.1) is 5.92 Å². The highest BCUT2D eigenvalue weighted by molar-refractivity contribution is 5.82. The third-order valence-corrected chi connectivity index (χ3v) is 3.66. The van der Waals surface area contributed by atoms with Crippen LogP contribution in [0.1, 0.15) is 39.0 Å². The molecule has 0 amide bonds. The van der Waals surface area contributed by atoms with Crippen molar-refractivity contribution in [1.29, 1.82) is 0 Å². The summed E-state index contributed by atoms with van der Waals surface area (Å²) >= 11 is 0. The number of furan rings is 1. The average molecular weight is 274 g/mol. The summed E-state index contributed by atoms with van der Waals surface area (Å²) in [6.45, 7) is 11.4. The SMILES string of the molecule is CC(C)CN(Cc1c(CN)oc2ccccc12)C(C)C. The Balaban J connectivity index is 2.35. The van der Waals surface area contributed by atoms with Crippen molar-refractivity contribution in [1.82, 2.24) is 4.90 Å². The molecule has 0 radical (unpaired) electrons. The molecule has 1 aromatic heterocycles. The van der Waals surface area contributed by atoms with Crippen molar-refractivity contribution in [3.63, 3.8) is 0 Å². The van der Waals surface area contributed by atoms with E-state index < -0.39 is 0 Å². The zero-order valence-electron chi connectivity index (χ0n) is 13.0. The van der Waals surface area contributed by atoms with Gasteiger partial charge >= 0.3 is 0 Å². The number of para-hydroxylation sites is 1. The molecule has 2 rings (SSSR count). The van der Waals surface area contributed by atoms with Gasteiger partial charge in [-0.2, -0.15) is 0 Å². The second kappa shape index (κ2) is 6.42. The zero-order chi connectivity index (χ0) is 14.7. The molecular weight excluding hydrogens is 248 g/mol. The second-order valence-corrected chi connectivity index (χ2v) is 6.12. The Bertz CT molecular complexity index is 557. The van der Waals surface area contributed by atoms with Gasteiger partial charge in [-0.15, -0.1) is 0 Å². The first-order chi connectivity index (χ1) is 9.52. The van der Waals surface area contributed by atoms with Gasteiger partial charge in [0.05, 0.1) is 6.54 Å². The summed E-state index contributed by atoms with van der Waals surface area (Å²) < 4.78 is 5.88. The van der Waals surface area contributed by atoms with Crippen LogP contribution in [0.3, 0.4) is 0 Å². The van der Waals surface area contributed by atoms with Gasteiger partial charge in [0.15, 0.2) is 0 Å². The highest BCUT2D eigenvalue weighted by Gasteiger charge is 2.18. The van der Waals surface area contributed by atoms with Crippen molar-refractivity contribution >= 4 is 11.0 Å². The van der Waals surface area contributed by atoms with E-state index in [-0.39, 0.29) is 0 Å². The van der Waals surface area contributed by atoms with Crippen LogP contribution in [-0.2, 0) is 13.1 Å². The average Bonchev–Trinajstić information content (AvgIpc) is 2.75. The third-order valence-electron chi connectivity index (χ3n) is 3.66. The molecule has 2 N–H and O–H groups in total. The summed E-state index contributed by atoms with van der Waals surface area (Å²) in [5.41, 5.74) is 8.04. The molecule has 3 heteroatoms. The van der Waals surface area contributed by atoms with E-state index >= 15 is 0 Å². The summed E-state index contributed by atoms with van der Waals surface area (Å²) in [7, 11) is 0. The number of hydrogen-bond donors (Lipinski definition) is 1. The summed E-state index contributed by atoms with van der Waals surface area (Å²) in [5, 5.41) is 1.20. The van der Waals surface area contributed by atoms with E-state index in [9.17, 15) is 0 Å². The van der Waals surface area contributed by atoms with Crippen LogP contribution in [0.5, 0.6) is 0 Å². The van der Waals surface area contributed by atoms with E-state index in [1.165, 1.54) is 10.9 Å². The number of fused-ring (bicyclic) bond motifs is 1. The molecule has 110 valence electrons. The smallest absolute Gasteiger partial charge is 0.134 e. The minimum absolute atomic E-state index is 0.456. The van der Waals surface area contributed by atoms with Gasteiger partial charge in [-0.05, 0) is 25.8 Å². The standard InChI is InChI=1S/C17H26N2O/c1-12(2)10-19(13(3)4)11-15-14-7-5-6-8-16(14)20-17(15)9-18/h5-8,12-13H,9-11,18H2,1-4H3. The number of nitrogens with two attached hydrogens (primary N) is 1. The fourth-order valence-corrected chi connectivity index (χ4v) is 2.62. The topological polar surface area (TPSA) is 42.4 Å². The largest absolute Gasteiger partial charge is 0.459 e. The molecule has 0 aliphatic heterocycles. The van der Waals surface area contributed by atoms with Gasteiger partial charge in [0.25, 0.3) is 0 Å². The molecule has 0 fully saturated rings. The quantitative estimate of drug-likeness (QED) is 0.872. The molecule has 1 aromatic carbocycles. The maximum Gasteiger partial charge on any atom is 0.134 e. The Morgan fingerprint density at radius 3 is 2.45 bits per heavy atom. The van der Waals surface area contributed by atoms with E-state index in [0.717, 1.165) is 24.4 Å². The summed E-state index contributed by atoms with van der Waals surface area (Å²) in [5.74, 6) is 1.57. The van der Waals surface area contributed by atoms with Crippen molar-refractivity contribution in [2.24, 2.45) is 11.7 Å². The van der Waals surface area contributed by atoms with Crippen molar-refractivity contribution in [2.45, 2.75) is 46.8 Å². The first kappa shape index (κ1) is 15.1. The molecule has 3 nitrogen and oxygen atoms in total. The lowest BCUT2D eigenvalue weighted by Crippen LogP contribution is -2.33. The van der Waals surface area contributed by atoms with Gasteiger partial charge in [-0.3, -0.25) is 4.90 Å². The third kappa shape index (κ3) is 3.22. The lowest BCUT2D eigenvalue weighted by molar-refractivity contribution is 0.188. The van der Waals surface area contributed by atoms with Gasteiger partial charge in [-0.1, -0.05) is 32.0 Å². The molecule has 0 aliphatic carbocycles.